The molecule has 0 N–H and O–H groups in total. The van der Waals surface area contributed by atoms with Gasteiger partial charge in [0.25, 0.3) is 5.78 Å². The Labute approximate surface area is 110 Å². The van der Waals surface area contributed by atoms with E-state index < -0.39 is 0 Å². The average Bonchev–Trinajstić information content (AvgIpc) is 2.82. The Morgan fingerprint density at radius 3 is 2.42 bits per heavy atom. The lowest BCUT2D eigenvalue weighted by Gasteiger charge is -1.99. The van der Waals surface area contributed by atoms with Gasteiger partial charge in [-0.3, -0.25) is 0 Å². The van der Waals surface area contributed by atoms with Crippen LogP contribution in [0.5, 0.6) is 5.75 Å². The second kappa shape index (κ2) is 4.35. The van der Waals surface area contributed by atoms with E-state index in [0.29, 0.717) is 5.78 Å². The van der Waals surface area contributed by atoms with Gasteiger partial charge in [0.2, 0.25) is 0 Å². The van der Waals surface area contributed by atoms with Crippen molar-refractivity contribution in [2.45, 2.75) is 13.8 Å². The molecule has 96 valence electrons. The maximum atomic E-state index is 5.15. The van der Waals surface area contributed by atoms with E-state index in [-0.39, 0.29) is 0 Å². The van der Waals surface area contributed by atoms with Gasteiger partial charge in [-0.15, -0.1) is 0 Å². The number of hydrogen-bond donors (Lipinski definition) is 0. The van der Waals surface area contributed by atoms with Crippen molar-refractivity contribution in [3.05, 3.63) is 41.9 Å². The molecule has 2 heterocycles. The maximum Gasteiger partial charge on any atom is 0.251 e. The van der Waals surface area contributed by atoms with Crippen molar-refractivity contribution in [2.24, 2.45) is 0 Å². The summed E-state index contributed by atoms with van der Waals surface area (Å²) in [5.41, 5.74) is 3.68. The quantitative estimate of drug-likeness (QED) is 0.704. The predicted octanol–water partition coefficient (Wildman–Crippen LogP) is 2.42. The van der Waals surface area contributed by atoms with E-state index >= 15 is 0 Å². The lowest BCUT2D eigenvalue weighted by molar-refractivity contribution is 0.415. The summed E-state index contributed by atoms with van der Waals surface area (Å²) >= 11 is 0. The molecule has 19 heavy (non-hydrogen) atoms. The molecule has 0 fully saturated rings. The molecule has 0 atom stereocenters. The van der Waals surface area contributed by atoms with E-state index in [2.05, 4.69) is 15.1 Å². The van der Waals surface area contributed by atoms with E-state index in [1.54, 1.807) is 11.6 Å². The molecule has 5 heteroatoms. The Balaban J connectivity index is 2.09. The molecule has 3 rings (SSSR count). The van der Waals surface area contributed by atoms with Crippen molar-refractivity contribution in [1.29, 1.82) is 0 Å². The number of hydrogen-bond acceptors (Lipinski definition) is 4. The van der Waals surface area contributed by atoms with Gasteiger partial charge in [-0.1, -0.05) is 0 Å². The van der Waals surface area contributed by atoms with Gasteiger partial charge in [0.1, 0.15) is 5.75 Å². The molecule has 0 amide bonds. The van der Waals surface area contributed by atoms with Crippen molar-refractivity contribution in [2.75, 3.05) is 7.11 Å². The highest BCUT2D eigenvalue weighted by atomic mass is 16.5. The zero-order chi connectivity index (χ0) is 13.4. The third kappa shape index (κ3) is 2.03. The van der Waals surface area contributed by atoms with Crippen LogP contribution in [0.15, 0.2) is 30.5 Å². The van der Waals surface area contributed by atoms with Crippen molar-refractivity contribution >= 4 is 5.78 Å². The van der Waals surface area contributed by atoms with Crippen LogP contribution in [-0.4, -0.2) is 26.7 Å². The molecular weight excluding hydrogens is 240 g/mol. The Hall–Kier alpha value is -2.43. The Bertz CT molecular complexity index is 692. The van der Waals surface area contributed by atoms with Crippen LogP contribution in [0.3, 0.4) is 0 Å². The standard InChI is InChI=1S/C14H14N4O/c1-9-10(2)17-18-8-13(16-14(18)15-9)11-4-6-12(19-3)7-5-11/h4-8H,1-3H3. The fourth-order valence-corrected chi connectivity index (χ4v) is 1.88. The minimum atomic E-state index is 0.619. The SMILES string of the molecule is COc1ccc(-c2cn3nc(C)c(C)nc3n2)cc1. The lowest BCUT2D eigenvalue weighted by atomic mass is 10.2. The van der Waals surface area contributed by atoms with Gasteiger partial charge in [-0.25, -0.2) is 14.5 Å². The molecule has 0 radical (unpaired) electrons. The number of ether oxygens (including phenoxy) is 1. The first-order valence-corrected chi connectivity index (χ1v) is 6.02. The summed E-state index contributed by atoms with van der Waals surface area (Å²) in [7, 11) is 1.65. The van der Waals surface area contributed by atoms with Gasteiger partial charge in [0.05, 0.1) is 30.4 Å². The van der Waals surface area contributed by atoms with E-state index in [1.165, 1.54) is 0 Å². The van der Waals surface area contributed by atoms with Crippen molar-refractivity contribution < 1.29 is 4.74 Å². The van der Waals surface area contributed by atoms with Gasteiger partial charge in [0, 0.05) is 5.56 Å². The van der Waals surface area contributed by atoms with Crippen molar-refractivity contribution in [1.82, 2.24) is 19.6 Å². The molecule has 3 aromatic rings. The molecule has 2 aromatic heterocycles. The van der Waals surface area contributed by atoms with E-state index in [1.807, 2.05) is 44.3 Å². The molecule has 0 spiro atoms. The first-order chi connectivity index (χ1) is 9.17. The van der Waals surface area contributed by atoms with E-state index in [4.69, 9.17) is 4.74 Å². The fourth-order valence-electron chi connectivity index (χ4n) is 1.88. The average molecular weight is 254 g/mol. The summed E-state index contributed by atoms with van der Waals surface area (Å²) in [6.07, 6.45) is 1.89. The van der Waals surface area contributed by atoms with Crippen LogP contribution in [0.4, 0.5) is 0 Å². The third-order valence-electron chi connectivity index (χ3n) is 3.10. The summed E-state index contributed by atoms with van der Waals surface area (Å²) in [4.78, 5) is 8.91. The summed E-state index contributed by atoms with van der Waals surface area (Å²) in [5, 5.41) is 4.42. The van der Waals surface area contributed by atoms with Crippen LogP contribution < -0.4 is 4.74 Å². The molecule has 0 aliphatic rings. The first kappa shape index (κ1) is 11.6. The van der Waals surface area contributed by atoms with Gasteiger partial charge < -0.3 is 4.74 Å². The minimum absolute atomic E-state index is 0.619. The molecule has 0 unspecified atom stereocenters. The van der Waals surface area contributed by atoms with Gasteiger partial charge in [-0.05, 0) is 38.1 Å². The zero-order valence-corrected chi connectivity index (χ0v) is 11.1. The number of aromatic nitrogens is 4. The van der Waals surface area contributed by atoms with Crippen LogP contribution in [0.25, 0.3) is 17.0 Å². The van der Waals surface area contributed by atoms with Crippen molar-refractivity contribution in [3.63, 3.8) is 0 Å². The topological polar surface area (TPSA) is 52.3 Å². The monoisotopic (exact) mass is 254 g/mol. The Kier molecular flexibility index (Phi) is 2.67. The lowest BCUT2D eigenvalue weighted by Crippen LogP contribution is -1.99. The van der Waals surface area contributed by atoms with Gasteiger partial charge in [0.15, 0.2) is 0 Å². The van der Waals surface area contributed by atoms with Crippen LogP contribution in [0, 0.1) is 13.8 Å². The minimum Gasteiger partial charge on any atom is -0.497 e. The number of rotatable bonds is 2. The summed E-state index contributed by atoms with van der Waals surface area (Å²) in [6, 6.07) is 7.77. The molecule has 0 aliphatic heterocycles. The number of aryl methyl sites for hydroxylation is 2. The number of methoxy groups -OCH3 is 1. The summed E-state index contributed by atoms with van der Waals surface area (Å²) in [6.45, 7) is 3.87. The highest BCUT2D eigenvalue weighted by Gasteiger charge is 2.08. The van der Waals surface area contributed by atoms with Crippen LogP contribution >= 0.6 is 0 Å². The van der Waals surface area contributed by atoms with Crippen LogP contribution in [0.1, 0.15) is 11.4 Å². The third-order valence-corrected chi connectivity index (χ3v) is 3.10. The summed E-state index contributed by atoms with van der Waals surface area (Å²) < 4.78 is 6.86. The van der Waals surface area contributed by atoms with E-state index in [9.17, 15) is 0 Å². The second-order valence-electron chi connectivity index (χ2n) is 4.38. The normalized spacial score (nSPS) is 10.9. The first-order valence-electron chi connectivity index (χ1n) is 6.02. The largest absolute Gasteiger partial charge is 0.497 e. The number of fused-ring (bicyclic) bond motifs is 1. The molecule has 1 aromatic carbocycles. The predicted molar refractivity (Wildman–Crippen MR) is 72.2 cm³/mol. The van der Waals surface area contributed by atoms with Gasteiger partial charge in [-0.2, -0.15) is 5.10 Å². The smallest absolute Gasteiger partial charge is 0.251 e. The second-order valence-corrected chi connectivity index (χ2v) is 4.38. The number of benzene rings is 1. The van der Waals surface area contributed by atoms with Crippen LogP contribution in [0.2, 0.25) is 0 Å². The van der Waals surface area contributed by atoms with Gasteiger partial charge >= 0.3 is 0 Å². The Morgan fingerprint density at radius 1 is 1.00 bits per heavy atom. The highest BCUT2D eigenvalue weighted by Crippen LogP contribution is 2.21. The number of imidazole rings is 1. The molecule has 0 saturated carbocycles. The Morgan fingerprint density at radius 2 is 1.74 bits per heavy atom. The maximum absolute atomic E-state index is 5.15. The molecule has 5 nitrogen and oxygen atoms in total. The molecule has 0 saturated heterocycles. The fraction of sp³-hybridized carbons (Fsp3) is 0.214. The molecular formula is C14H14N4O. The van der Waals surface area contributed by atoms with E-state index in [0.717, 1.165) is 28.4 Å². The molecule has 0 bridgehead atoms. The van der Waals surface area contributed by atoms with Crippen molar-refractivity contribution in [3.8, 4) is 17.0 Å². The zero-order valence-electron chi connectivity index (χ0n) is 11.1. The summed E-state index contributed by atoms with van der Waals surface area (Å²) in [5.74, 6) is 1.45. The number of nitrogens with zero attached hydrogens (tertiary/aromatic N) is 4. The molecule has 0 aliphatic carbocycles. The van der Waals surface area contributed by atoms with Crippen LogP contribution in [-0.2, 0) is 0 Å². The highest BCUT2D eigenvalue weighted by molar-refractivity contribution is 5.62.